The molecule has 1 N–H and O–H groups in total. The van der Waals surface area contributed by atoms with Crippen LogP contribution in [0.5, 0.6) is 0 Å². The van der Waals surface area contributed by atoms with Crippen molar-refractivity contribution in [3.8, 4) is 6.07 Å². The predicted molar refractivity (Wildman–Crippen MR) is 68.8 cm³/mol. The van der Waals surface area contributed by atoms with Crippen molar-refractivity contribution in [2.45, 2.75) is 19.4 Å². The Balaban J connectivity index is 2.36. The van der Waals surface area contributed by atoms with Gasteiger partial charge in [-0.2, -0.15) is 5.26 Å². The first kappa shape index (κ1) is 12.3. The van der Waals surface area contributed by atoms with E-state index in [-0.39, 0.29) is 11.6 Å². The Morgan fingerprint density at radius 1 is 1.56 bits per heavy atom. The molecule has 18 heavy (non-hydrogen) atoms. The van der Waals surface area contributed by atoms with Crippen LogP contribution in [-0.2, 0) is 6.42 Å². The number of hydrogen-bond acceptors (Lipinski definition) is 4. The van der Waals surface area contributed by atoms with Crippen molar-refractivity contribution in [2.75, 3.05) is 0 Å². The molecule has 0 fully saturated rings. The zero-order chi connectivity index (χ0) is 13.1. The second-order valence-electron chi connectivity index (χ2n) is 3.95. The van der Waals surface area contributed by atoms with Crippen LogP contribution in [0.25, 0.3) is 0 Å². The molecule has 0 bridgehead atoms. The molecule has 2 rings (SSSR count). The minimum Gasteiger partial charge on any atom is -0.296 e. The maximum absolute atomic E-state index is 11.7. The van der Waals surface area contributed by atoms with E-state index in [0.717, 1.165) is 4.88 Å². The molecular weight excluding hydrogens is 250 g/mol. The molecule has 0 aliphatic heterocycles. The van der Waals surface area contributed by atoms with Crippen LogP contribution in [0.15, 0.2) is 33.3 Å². The van der Waals surface area contributed by atoms with E-state index in [1.54, 1.807) is 17.4 Å². The minimum atomic E-state index is -0.637. The Bertz CT molecular complexity index is 691. The fourth-order valence-corrected chi connectivity index (χ4v) is 2.54. The molecule has 5 nitrogen and oxygen atoms in total. The van der Waals surface area contributed by atoms with Crippen LogP contribution >= 0.6 is 11.3 Å². The second kappa shape index (κ2) is 5.02. The standard InChI is InChI=1S/C12H11N3O2S/c1-8(5-10-3-2-4-18-10)15-7-9(6-13)11(16)14-12(15)17/h2-4,7-8H,5H2,1H3,(H,14,16,17). The highest BCUT2D eigenvalue weighted by molar-refractivity contribution is 7.09. The van der Waals surface area contributed by atoms with E-state index >= 15 is 0 Å². The molecule has 0 amide bonds. The van der Waals surface area contributed by atoms with Crippen LogP contribution in [0.2, 0.25) is 0 Å². The first-order valence-corrected chi connectivity index (χ1v) is 6.27. The van der Waals surface area contributed by atoms with Crippen LogP contribution < -0.4 is 11.2 Å². The fourth-order valence-electron chi connectivity index (χ4n) is 1.71. The summed E-state index contributed by atoms with van der Waals surface area (Å²) < 4.78 is 1.39. The smallest absolute Gasteiger partial charge is 0.296 e. The number of nitrogens with one attached hydrogen (secondary N) is 1. The van der Waals surface area contributed by atoms with E-state index in [1.807, 2.05) is 24.4 Å². The molecule has 1 unspecified atom stereocenters. The van der Waals surface area contributed by atoms with Gasteiger partial charge in [-0.05, 0) is 18.4 Å². The van der Waals surface area contributed by atoms with Gasteiger partial charge in [0.1, 0.15) is 11.6 Å². The third-order valence-electron chi connectivity index (χ3n) is 2.64. The van der Waals surface area contributed by atoms with E-state index in [9.17, 15) is 9.59 Å². The number of aromatic amines is 1. The van der Waals surface area contributed by atoms with Gasteiger partial charge in [-0.15, -0.1) is 11.3 Å². The van der Waals surface area contributed by atoms with E-state index in [0.29, 0.717) is 6.42 Å². The van der Waals surface area contributed by atoms with Crippen molar-refractivity contribution in [2.24, 2.45) is 0 Å². The van der Waals surface area contributed by atoms with Crippen molar-refractivity contribution in [3.63, 3.8) is 0 Å². The monoisotopic (exact) mass is 261 g/mol. The molecule has 2 aromatic heterocycles. The topological polar surface area (TPSA) is 78.7 Å². The van der Waals surface area contributed by atoms with Gasteiger partial charge in [0.15, 0.2) is 0 Å². The van der Waals surface area contributed by atoms with Gasteiger partial charge in [0, 0.05) is 23.5 Å². The normalized spacial score (nSPS) is 12.0. The number of rotatable bonds is 3. The largest absolute Gasteiger partial charge is 0.328 e. The number of hydrogen-bond donors (Lipinski definition) is 1. The molecule has 2 heterocycles. The summed E-state index contributed by atoms with van der Waals surface area (Å²) in [5.41, 5.74) is -1.17. The lowest BCUT2D eigenvalue weighted by atomic mass is 10.2. The van der Waals surface area contributed by atoms with Gasteiger partial charge in [0.05, 0.1) is 0 Å². The lowest BCUT2D eigenvalue weighted by Crippen LogP contribution is -2.33. The summed E-state index contributed by atoms with van der Waals surface area (Å²) in [6.45, 7) is 1.88. The van der Waals surface area contributed by atoms with Gasteiger partial charge in [-0.1, -0.05) is 6.07 Å². The average molecular weight is 261 g/mol. The maximum atomic E-state index is 11.7. The van der Waals surface area contributed by atoms with E-state index in [2.05, 4.69) is 4.98 Å². The van der Waals surface area contributed by atoms with Gasteiger partial charge in [0.25, 0.3) is 5.56 Å². The fraction of sp³-hybridized carbons (Fsp3) is 0.250. The van der Waals surface area contributed by atoms with E-state index < -0.39 is 11.2 Å². The van der Waals surface area contributed by atoms with Crippen LogP contribution in [0.1, 0.15) is 23.4 Å². The van der Waals surface area contributed by atoms with Crippen LogP contribution in [0.4, 0.5) is 0 Å². The summed E-state index contributed by atoms with van der Waals surface area (Å²) in [4.78, 5) is 26.3. The minimum absolute atomic E-state index is 0.0485. The molecule has 0 aliphatic carbocycles. The summed E-state index contributed by atoms with van der Waals surface area (Å²) in [6, 6.07) is 5.60. The van der Waals surface area contributed by atoms with Gasteiger partial charge >= 0.3 is 5.69 Å². The Morgan fingerprint density at radius 3 is 2.94 bits per heavy atom. The van der Waals surface area contributed by atoms with E-state index in [4.69, 9.17) is 5.26 Å². The zero-order valence-electron chi connectivity index (χ0n) is 9.71. The molecule has 0 saturated heterocycles. The molecule has 0 radical (unpaired) electrons. The highest BCUT2D eigenvalue weighted by Gasteiger charge is 2.11. The molecule has 0 spiro atoms. The molecule has 2 aromatic rings. The highest BCUT2D eigenvalue weighted by atomic mass is 32.1. The number of H-pyrrole nitrogens is 1. The Labute approximate surface area is 107 Å². The second-order valence-corrected chi connectivity index (χ2v) is 4.99. The summed E-state index contributed by atoms with van der Waals surface area (Å²) in [7, 11) is 0. The Kier molecular flexibility index (Phi) is 3.44. The van der Waals surface area contributed by atoms with Crippen molar-refractivity contribution in [3.05, 3.63) is 55.0 Å². The predicted octanol–water partition coefficient (Wildman–Crippen LogP) is 1.27. The van der Waals surface area contributed by atoms with Gasteiger partial charge < -0.3 is 0 Å². The number of nitriles is 1. The Hall–Kier alpha value is -2.13. The van der Waals surface area contributed by atoms with Crippen molar-refractivity contribution >= 4 is 11.3 Å². The molecule has 0 aromatic carbocycles. The van der Waals surface area contributed by atoms with Crippen molar-refractivity contribution in [1.82, 2.24) is 9.55 Å². The molecule has 0 saturated carbocycles. The third kappa shape index (κ3) is 2.41. The lowest BCUT2D eigenvalue weighted by molar-refractivity contribution is 0.516. The maximum Gasteiger partial charge on any atom is 0.328 e. The highest BCUT2D eigenvalue weighted by Crippen LogP contribution is 2.16. The SMILES string of the molecule is CC(Cc1cccs1)n1cc(C#N)c(=O)[nH]c1=O. The summed E-state index contributed by atoms with van der Waals surface area (Å²) >= 11 is 1.61. The number of thiophene rings is 1. The van der Waals surface area contributed by atoms with Crippen LogP contribution in [0.3, 0.4) is 0 Å². The Morgan fingerprint density at radius 2 is 2.33 bits per heavy atom. The van der Waals surface area contributed by atoms with Crippen LogP contribution in [-0.4, -0.2) is 9.55 Å². The van der Waals surface area contributed by atoms with Gasteiger partial charge in [-0.25, -0.2) is 4.79 Å². The number of nitrogens with zero attached hydrogens (tertiary/aromatic N) is 2. The summed E-state index contributed by atoms with van der Waals surface area (Å²) in [5, 5.41) is 10.8. The quantitative estimate of drug-likeness (QED) is 0.903. The summed E-state index contributed by atoms with van der Waals surface area (Å²) in [5.74, 6) is 0. The van der Waals surface area contributed by atoms with Gasteiger partial charge in [0.2, 0.25) is 0 Å². The average Bonchev–Trinajstić information content (AvgIpc) is 2.81. The first-order valence-electron chi connectivity index (χ1n) is 5.39. The molecule has 1 atom stereocenters. The molecular formula is C12H11N3O2S. The number of aromatic nitrogens is 2. The van der Waals surface area contributed by atoms with Crippen molar-refractivity contribution < 1.29 is 0 Å². The van der Waals surface area contributed by atoms with E-state index in [1.165, 1.54) is 10.8 Å². The van der Waals surface area contributed by atoms with Gasteiger partial charge in [-0.3, -0.25) is 14.3 Å². The van der Waals surface area contributed by atoms with Crippen LogP contribution in [0, 0.1) is 11.3 Å². The molecule has 6 heteroatoms. The third-order valence-corrected chi connectivity index (χ3v) is 3.54. The first-order chi connectivity index (χ1) is 8.61. The molecule has 92 valence electrons. The zero-order valence-corrected chi connectivity index (χ0v) is 10.5. The van der Waals surface area contributed by atoms with Crippen molar-refractivity contribution in [1.29, 1.82) is 5.26 Å². The lowest BCUT2D eigenvalue weighted by Gasteiger charge is -2.13. The molecule has 0 aliphatic rings. The summed E-state index contributed by atoms with van der Waals surface area (Å²) in [6.07, 6.45) is 2.01.